The number of hydrogen-bond acceptors (Lipinski definition) is 7. The van der Waals surface area contributed by atoms with Gasteiger partial charge in [0.05, 0.1) is 34.9 Å². The minimum atomic E-state index is -3.45. The second kappa shape index (κ2) is 7.48. The Bertz CT molecular complexity index is 1680. The molecule has 0 saturated carbocycles. The molecule has 0 amide bonds. The smallest absolute Gasteiger partial charge is 0.408 e. The minimum Gasteiger partial charge on any atom is -0.408 e. The number of sulfonamides is 1. The number of H-pyrrole nitrogens is 1. The first-order valence-corrected chi connectivity index (χ1v) is 11.8. The highest BCUT2D eigenvalue weighted by molar-refractivity contribution is 7.92. The summed E-state index contributed by atoms with van der Waals surface area (Å²) in [5.74, 6) is -0.192. The number of anilines is 3. The molecule has 11 heteroatoms. The molecular formula is C22H20N6O4S. The lowest BCUT2D eigenvalue weighted by atomic mass is 10.1. The molecule has 33 heavy (non-hydrogen) atoms. The maximum atomic E-state index is 12.2. The van der Waals surface area contributed by atoms with E-state index < -0.39 is 15.8 Å². The fraction of sp³-hybridized carbons (Fsp3) is 0.136. The summed E-state index contributed by atoms with van der Waals surface area (Å²) in [6, 6.07) is 14.5. The molecule has 0 fully saturated rings. The lowest BCUT2D eigenvalue weighted by molar-refractivity contribution is 0.555. The van der Waals surface area contributed by atoms with Crippen LogP contribution in [0.5, 0.6) is 0 Å². The van der Waals surface area contributed by atoms with Gasteiger partial charge in [-0.3, -0.25) is 9.29 Å². The second-order valence-electron chi connectivity index (χ2n) is 7.69. The normalized spacial score (nSPS) is 11.8. The third-order valence-corrected chi connectivity index (χ3v) is 6.62. The molecule has 3 aromatic heterocycles. The zero-order valence-corrected chi connectivity index (χ0v) is 18.8. The molecule has 0 saturated heterocycles. The van der Waals surface area contributed by atoms with Crippen LogP contribution in [0.1, 0.15) is 5.56 Å². The lowest BCUT2D eigenvalue weighted by Crippen LogP contribution is -2.25. The highest BCUT2D eigenvalue weighted by Crippen LogP contribution is 2.32. The number of benzene rings is 2. The number of nitrogens with zero attached hydrogens (tertiary/aromatic N) is 4. The number of aromatic amines is 1. The second-order valence-corrected chi connectivity index (χ2v) is 9.70. The van der Waals surface area contributed by atoms with Crippen molar-refractivity contribution in [1.29, 1.82) is 0 Å². The molecule has 0 bridgehead atoms. The summed E-state index contributed by atoms with van der Waals surface area (Å²) in [4.78, 5) is 18.5. The van der Waals surface area contributed by atoms with E-state index in [2.05, 4.69) is 20.4 Å². The summed E-state index contributed by atoms with van der Waals surface area (Å²) >= 11 is 0. The van der Waals surface area contributed by atoms with Crippen LogP contribution in [0.25, 0.3) is 27.9 Å². The predicted molar refractivity (Wildman–Crippen MR) is 127 cm³/mol. The minimum absolute atomic E-state index is 0.328. The van der Waals surface area contributed by atoms with Gasteiger partial charge in [-0.05, 0) is 36.8 Å². The van der Waals surface area contributed by atoms with Crippen LogP contribution in [-0.2, 0) is 10.0 Å². The molecule has 2 N–H and O–H groups in total. The first-order valence-electron chi connectivity index (χ1n) is 9.99. The SMILES string of the molecule is Cc1cc2[nH]c(=O)oc2cc1Nc1ncc2ccc(-c3ccccc3N(C)S(C)(=O)=O)n2n1. The van der Waals surface area contributed by atoms with Crippen LogP contribution in [-0.4, -0.2) is 41.3 Å². The molecule has 5 rings (SSSR count). The molecule has 0 spiro atoms. The Balaban J connectivity index is 1.59. The van der Waals surface area contributed by atoms with Gasteiger partial charge < -0.3 is 9.73 Å². The predicted octanol–water partition coefficient (Wildman–Crippen LogP) is 3.28. The number of nitrogens with one attached hydrogen (secondary N) is 2. The van der Waals surface area contributed by atoms with Gasteiger partial charge in [-0.25, -0.2) is 22.7 Å². The first kappa shape index (κ1) is 20.8. The van der Waals surface area contributed by atoms with Gasteiger partial charge in [0.2, 0.25) is 16.0 Å². The molecule has 2 aromatic carbocycles. The Morgan fingerprint density at radius 1 is 1.15 bits per heavy atom. The highest BCUT2D eigenvalue weighted by Gasteiger charge is 2.19. The van der Waals surface area contributed by atoms with Crippen LogP contribution < -0.4 is 15.4 Å². The van der Waals surface area contributed by atoms with Crippen molar-refractivity contribution in [3.8, 4) is 11.3 Å². The summed E-state index contributed by atoms with van der Waals surface area (Å²) in [5, 5.41) is 7.79. The maximum Gasteiger partial charge on any atom is 0.417 e. The van der Waals surface area contributed by atoms with Gasteiger partial charge in [0.25, 0.3) is 0 Å². The number of rotatable bonds is 5. The molecule has 168 valence electrons. The Morgan fingerprint density at radius 2 is 1.94 bits per heavy atom. The molecular weight excluding hydrogens is 444 g/mol. The summed E-state index contributed by atoms with van der Waals surface area (Å²) in [7, 11) is -1.93. The lowest BCUT2D eigenvalue weighted by Gasteiger charge is -2.20. The van der Waals surface area contributed by atoms with Crippen molar-refractivity contribution in [2.45, 2.75) is 6.92 Å². The van der Waals surface area contributed by atoms with Gasteiger partial charge in [0, 0.05) is 24.4 Å². The first-order chi connectivity index (χ1) is 15.7. The van der Waals surface area contributed by atoms with Crippen LogP contribution in [0, 0.1) is 6.92 Å². The van der Waals surface area contributed by atoms with E-state index >= 15 is 0 Å². The van der Waals surface area contributed by atoms with Crippen LogP contribution in [0.15, 0.2) is 63.9 Å². The summed E-state index contributed by atoms with van der Waals surface area (Å²) in [6.07, 6.45) is 2.84. The Labute approximate surface area is 188 Å². The molecule has 0 aliphatic carbocycles. The Morgan fingerprint density at radius 3 is 2.73 bits per heavy atom. The van der Waals surface area contributed by atoms with Gasteiger partial charge in [-0.1, -0.05) is 18.2 Å². The van der Waals surface area contributed by atoms with Gasteiger partial charge >= 0.3 is 5.76 Å². The van der Waals surface area contributed by atoms with Crippen LogP contribution in [0.2, 0.25) is 0 Å². The van der Waals surface area contributed by atoms with Crippen molar-refractivity contribution in [3.05, 3.63) is 70.8 Å². The van der Waals surface area contributed by atoms with E-state index in [0.29, 0.717) is 39.7 Å². The van der Waals surface area contributed by atoms with E-state index in [1.54, 1.807) is 35.0 Å². The van der Waals surface area contributed by atoms with E-state index in [-0.39, 0.29) is 0 Å². The van der Waals surface area contributed by atoms with Crippen molar-refractivity contribution in [3.63, 3.8) is 0 Å². The topological polar surface area (TPSA) is 126 Å². The standard InChI is InChI=1S/C22H20N6O4S/c1-13-10-17-20(32-22(29)25-17)11-16(13)24-21-23-12-14-8-9-19(28(14)26-21)15-6-4-5-7-18(15)27(2)33(3,30)31/h4-12H,1-3H3,(H,24,26)(H,25,29). The van der Waals surface area contributed by atoms with Crippen LogP contribution >= 0.6 is 0 Å². The van der Waals surface area contributed by atoms with Gasteiger partial charge in [-0.15, -0.1) is 5.10 Å². The van der Waals surface area contributed by atoms with Crippen molar-refractivity contribution in [2.75, 3.05) is 22.9 Å². The molecule has 0 radical (unpaired) electrons. The van der Waals surface area contributed by atoms with E-state index in [9.17, 15) is 13.2 Å². The fourth-order valence-corrected chi connectivity index (χ4v) is 4.18. The number of aryl methyl sites for hydroxylation is 1. The van der Waals surface area contributed by atoms with Gasteiger partial charge in [0.15, 0.2) is 5.58 Å². The summed E-state index contributed by atoms with van der Waals surface area (Å²) < 4.78 is 32.4. The number of oxazole rings is 1. The third kappa shape index (κ3) is 3.72. The van der Waals surface area contributed by atoms with Crippen LogP contribution in [0.3, 0.4) is 0 Å². The zero-order chi connectivity index (χ0) is 23.3. The van der Waals surface area contributed by atoms with Crippen molar-refractivity contribution < 1.29 is 12.8 Å². The largest absolute Gasteiger partial charge is 0.417 e. The molecule has 0 unspecified atom stereocenters. The highest BCUT2D eigenvalue weighted by atomic mass is 32.2. The maximum absolute atomic E-state index is 12.2. The number of aromatic nitrogens is 4. The van der Waals surface area contributed by atoms with E-state index in [0.717, 1.165) is 17.3 Å². The Hall–Kier alpha value is -4.12. The van der Waals surface area contributed by atoms with Gasteiger partial charge in [0.1, 0.15) is 0 Å². The molecule has 0 atom stereocenters. The average Bonchev–Trinajstić information content (AvgIpc) is 3.34. The van der Waals surface area contributed by atoms with Crippen molar-refractivity contribution in [2.24, 2.45) is 0 Å². The van der Waals surface area contributed by atoms with Crippen molar-refractivity contribution in [1.82, 2.24) is 19.6 Å². The molecule has 0 aliphatic heterocycles. The fourth-order valence-electron chi connectivity index (χ4n) is 3.67. The number of hydrogen-bond donors (Lipinski definition) is 2. The zero-order valence-electron chi connectivity index (χ0n) is 18.0. The number of fused-ring (bicyclic) bond motifs is 2. The summed E-state index contributed by atoms with van der Waals surface area (Å²) in [5.41, 5.74) is 5.30. The average molecular weight is 465 g/mol. The molecule has 0 aliphatic rings. The van der Waals surface area contributed by atoms with Crippen LogP contribution in [0.4, 0.5) is 17.3 Å². The van der Waals surface area contributed by atoms with E-state index in [1.165, 1.54) is 11.4 Å². The third-order valence-electron chi connectivity index (χ3n) is 5.43. The van der Waals surface area contributed by atoms with E-state index in [1.807, 2.05) is 31.2 Å². The van der Waals surface area contributed by atoms with Crippen molar-refractivity contribution >= 4 is 44.0 Å². The Kier molecular flexibility index (Phi) is 4.71. The molecule has 10 nitrogen and oxygen atoms in total. The monoisotopic (exact) mass is 464 g/mol. The quantitative estimate of drug-likeness (QED) is 0.409. The van der Waals surface area contributed by atoms with E-state index in [4.69, 9.17) is 4.42 Å². The summed E-state index contributed by atoms with van der Waals surface area (Å²) in [6.45, 7) is 1.89. The molecule has 5 aromatic rings. The van der Waals surface area contributed by atoms with Gasteiger partial charge in [-0.2, -0.15) is 0 Å². The number of para-hydroxylation sites is 1. The molecule has 3 heterocycles.